The van der Waals surface area contributed by atoms with Gasteiger partial charge in [0.15, 0.2) is 0 Å². The van der Waals surface area contributed by atoms with Crippen molar-refractivity contribution in [2.24, 2.45) is 11.8 Å². The van der Waals surface area contributed by atoms with Crippen LogP contribution >= 0.6 is 11.3 Å². The second kappa shape index (κ2) is 6.53. The Balaban J connectivity index is 1.37. The third kappa shape index (κ3) is 2.69. The first kappa shape index (κ1) is 17.6. The predicted molar refractivity (Wildman–Crippen MR) is 104 cm³/mol. The van der Waals surface area contributed by atoms with Gasteiger partial charge in [0.1, 0.15) is 5.60 Å². The Hall–Kier alpha value is -2.51. The molecular formula is C21H21N3O3S. The van der Waals surface area contributed by atoms with E-state index < -0.39 is 17.4 Å². The molecule has 5 heterocycles. The van der Waals surface area contributed by atoms with Crippen molar-refractivity contribution in [2.75, 3.05) is 13.6 Å². The quantitative estimate of drug-likeness (QED) is 0.728. The van der Waals surface area contributed by atoms with Crippen molar-refractivity contribution in [1.29, 1.82) is 0 Å². The molecule has 2 amide bonds. The van der Waals surface area contributed by atoms with Crippen molar-refractivity contribution in [2.45, 2.75) is 24.8 Å². The number of ether oxygens (including phenoxy) is 1. The summed E-state index contributed by atoms with van der Waals surface area (Å²) >= 11 is 1.61. The maximum atomic E-state index is 13.3. The van der Waals surface area contributed by atoms with Gasteiger partial charge in [-0.2, -0.15) is 11.3 Å². The number of aromatic nitrogens is 1. The highest BCUT2D eigenvalue weighted by atomic mass is 32.1. The summed E-state index contributed by atoms with van der Waals surface area (Å²) in [5.41, 5.74) is 1.40. The van der Waals surface area contributed by atoms with E-state index in [0.717, 1.165) is 11.1 Å². The van der Waals surface area contributed by atoms with Gasteiger partial charge in [0.2, 0.25) is 11.8 Å². The fourth-order valence-corrected chi connectivity index (χ4v) is 5.35. The standard InChI is InChI=1S/C21H21N3O3S/c1-23(10-15-5-8-28-12-15)19(25)17-16-4-6-21(27-16)13-24(20(26)18(17)21)11-14-3-2-7-22-9-14/h2-9,12,16-18H,10-11,13H2,1H3/t16-,17-,18-,21-/m0/s1. The van der Waals surface area contributed by atoms with Gasteiger partial charge in [-0.3, -0.25) is 14.6 Å². The number of carbonyl (C=O) groups is 2. The molecule has 7 heteroatoms. The lowest BCUT2D eigenvalue weighted by atomic mass is 9.76. The van der Waals surface area contributed by atoms with Gasteiger partial charge < -0.3 is 14.5 Å². The number of likely N-dealkylation sites (tertiary alicyclic amines) is 1. The molecule has 0 radical (unpaired) electrons. The van der Waals surface area contributed by atoms with E-state index in [0.29, 0.717) is 19.6 Å². The highest BCUT2D eigenvalue weighted by molar-refractivity contribution is 7.07. The van der Waals surface area contributed by atoms with E-state index in [2.05, 4.69) is 4.98 Å². The fraction of sp³-hybridized carbons (Fsp3) is 0.381. The van der Waals surface area contributed by atoms with Crippen LogP contribution in [-0.4, -0.2) is 51.9 Å². The van der Waals surface area contributed by atoms with Gasteiger partial charge in [-0.25, -0.2) is 0 Å². The largest absolute Gasteiger partial charge is 0.360 e. The number of nitrogens with zero attached hydrogens (tertiary/aromatic N) is 3. The molecule has 3 aliphatic heterocycles. The highest BCUT2D eigenvalue weighted by Gasteiger charge is 2.67. The van der Waals surface area contributed by atoms with Crippen LogP contribution in [0, 0.1) is 11.8 Å². The summed E-state index contributed by atoms with van der Waals surface area (Å²) in [5.74, 6) is -0.932. The Kier molecular flexibility index (Phi) is 4.10. The number of thiophene rings is 1. The summed E-state index contributed by atoms with van der Waals surface area (Å²) in [6, 6.07) is 5.84. The summed E-state index contributed by atoms with van der Waals surface area (Å²) in [5, 5.41) is 4.04. The van der Waals surface area contributed by atoms with E-state index in [1.165, 1.54) is 0 Å². The predicted octanol–water partition coefficient (Wildman–Crippen LogP) is 2.08. The zero-order valence-electron chi connectivity index (χ0n) is 15.5. The number of hydrogen-bond donors (Lipinski definition) is 0. The summed E-state index contributed by atoms with van der Waals surface area (Å²) in [7, 11) is 1.80. The van der Waals surface area contributed by atoms with Gasteiger partial charge >= 0.3 is 0 Å². The summed E-state index contributed by atoms with van der Waals surface area (Å²) < 4.78 is 6.21. The van der Waals surface area contributed by atoms with Crippen LogP contribution in [0.15, 0.2) is 53.5 Å². The van der Waals surface area contributed by atoms with E-state index in [-0.39, 0.29) is 17.9 Å². The van der Waals surface area contributed by atoms with E-state index in [9.17, 15) is 9.59 Å². The normalized spacial score (nSPS) is 30.1. The molecule has 6 nitrogen and oxygen atoms in total. The molecule has 2 bridgehead atoms. The molecule has 28 heavy (non-hydrogen) atoms. The van der Waals surface area contributed by atoms with Crippen molar-refractivity contribution in [3.63, 3.8) is 0 Å². The summed E-state index contributed by atoms with van der Waals surface area (Å²) in [4.78, 5) is 34.1. The van der Waals surface area contributed by atoms with Crippen LogP contribution in [-0.2, 0) is 27.4 Å². The average molecular weight is 395 g/mol. The lowest BCUT2D eigenvalue weighted by Crippen LogP contribution is -2.44. The molecule has 0 aromatic carbocycles. The molecule has 3 aliphatic rings. The minimum absolute atomic E-state index is 0.00186. The lowest BCUT2D eigenvalue weighted by Gasteiger charge is -2.27. The molecule has 2 fully saturated rings. The van der Waals surface area contributed by atoms with Crippen molar-refractivity contribution >= 4 is 23.2 Å². The van der Waals surface area contributed by atoms with Crippen LogP contribution in [0.1, 0.15) is 11.1 Å². The van der Waals surface area contributed by atoms with Gasteiger partial charge in [-0.05, 0) is 34.0 Å². The van der Waals surface area contributed by atoms with E-state index >= 15 is 0 Å². The molecule has 0 unspecified atom stereocenters. The van der Waals surface area contributed by atoms with Gasteiger partial charge in [0.25, 0.3) is 0 Å². The third-order valence-corrected chi connectivity index (χ3v) is 6.67. The molecule has 2 aromatic rings. The van der Waals surface area contributed by atoms with Crippen LogP contribution in [0.4, 0.5) is 0 Å². The monoisotopic (exact) mass is 395 g/mol. The van der Waals surface area contributed by atoms with Crippen molar-refractivity contribution in [3.05, 3.63) is 64.6 Å². The average Bonchev–Trinajstić information content (AvgIpc) is 3.45. The van der Waals surface area contributed by atoms with E-state index in [1.54, 1.807) is 40.6 Å². The molecule has 2 saturated heterocycles. The smallest absolute Gasteiger partial charge is 0.230 e. The van der Waals surface area contributed by atoms with Crippen molar-refractivity contribution in [1.82, 2.24) is 14.8 Å². The number of rotatable bonds is 5. The van der Waals surface area contributed by atoms with Crippen LogP contribution in [0.3, 0.4) is 0 Å². The van der Waals surface area contributed by atoms with Gasteiger partial charge in [-0.15, -0.1) is 0 Å². The van der Waals surface area contributed by atoms with Crippen LogP contribution in [0.2, 0.25) is 0 Å². The Morgan fingerprint density at radius 3 is 3.07 bits per heavy atom. The Morgan fingerprint density at radius 1 is 1.43 bits per heavy atom. The zero-order chi connectivity index (χ0) is 19.3. The topological polar surface area (TPSA) is 62.7 Å². The molecule has 1 spiro atoms. The summed E-state index contributed by atoms with van der Waals surface area (Å²) in [6.45, 7) is 1.51. The third-order valence-electron chi connectivity index (χ3n) is 5.94. The molecule has 0 N–H and O–H groups in total. The van der Waals surface area contributed by atoms with Gasteiger partial charge in [-0.1, -0.05) is 18.2 Å². The Bertz CT molecular complexity index is 930. The molecular weight excluding hydrogens is 374 g/mol. The van der Waals surface area contributed by atoms with E-state index in [1.807, 2.05) is 41.1 Å². The Labute approximate surface area is 167 Å². The molecule has 0 saturated carbocycles. The Morgan fingerprint density at radius 2 is 2.32 bits per heavy atom. The maximum absolute atomic E-state index is 13.3. The first-order valence-corrected chi connectivity index (χ1v) is 10.3. The fourth-order valence-electron chi connectivity index (χ4n) is 4.69. The number of amides is 2. The number of carbonyl (C=O) groups excluding carboxylic acids is 2. The van der Waals surface area contributed by atoms with Gasteiger partial charge in [0.05, 0.1) is 24.5 Å². The van der Waals surface area contributed by atoms with Crippen LogP contribution in [0.25, 0.3) is 0 Å². The summed E-state index contributed by atoms with van der Waals surface area (Å²) in [6.07, 6.45) is 7.12. The second-order valence-corrected chi connectivity index (χ2v) is 8.56. The number of pyridine rings is 1. The highest BCUT2D eigenvalue weighted by Crippen LogP contribution is 2.52. The first-order valence-electron chi connectivity index (χ1n) is 9.38. The molecule has 2 aromatic heterocycles. The maximum Gasteiger partial charge on any atom is 0.230 e. The van der Waals surface area contributed by atoms with Gasteiger partial charge in [0, 0.05) is 32.5 Å². The van der Waals surface area contributed by atoms with Crippen LogP contribution in [0.5, 0.6) is 0 Å². The SMILES string of the molecule is CN(Cc1ccsc1)C(=O)[C@H]1[C@@H]2C=C[C@@]3(CN(Cc4cccnc4)C(=O)[C@H]13)O2. The molecule has 0 aliphatic carbocycles. The second-order valence-electron chi connectivity index (χ2n) is 7.78. The molecule has 144 valence electrons. The van der Waals surface area contributed by atoms with Crippen LogP contribution < -0.4 is 0 Å². The minimum atomic E-state index is -0.673. The lowest BCUT2D eigenvalue weighted by molar-refractivity contribution is -0.142. The molecule has 5 rings (SSSR count). The number of fused-ring (bicyclic) bond motifs is 1. The zero-order valence-corrected chi connectivity index (χ0v) is 16.3. The van der Waals surface area contributed by atoms with Crippen molar-refractivity contribution in [3.8, 4) is 0 Å². The molecule has 4 atom stereocenters. The number of hydrogen-bond acceptors (Lipinski definition) is 5. The van der Waals surface area contributed by atoms with Crippen molar-refractivity contribution < 1.29 is 14.3 Å². The minimum Gasteiger partial charge on any atom is -0.360 e. The first-order chi connectivity index (χ1) is 13.6. The van der Waals surface area contributed by atoms with E-state index in [4.69, 9.17) is 4.74 Å².